The molecule has 0 aliphatic carbocycles. The van der Waals surface area contributed by atoms with Gasteiger partial charge in [0.15, 0.2) is 0 Å². The Hall–Kier alpha value is 0.0600. The van der Waals surface area contributed by atoms with E-state index < -0.39 is 0 Å². The van der Waals surface area contributed by atoms with Crippen LogP contribution in [0.3, 0.4) is 0 Å². The van der Waals surface area contributed by atoms with E-state index in [1.54, 1.807) is 0 Å². The van der Waals surface area contributed by atoms with Crippen LogP contribution in [0.2, 0.25) is 0 Å². The van der Waals surface area contributed by atoms with Gasteiger partial charge in [-0.2, -0.15) is 0 Å². The van der Waals surface area contributed by atoms with Gasteiger partial charge >= 0.3 is 8.69 Å². The second kappa shape index (κ2) is 12.1. The highest BCUT2D eigenvalue weighted by atomic mass is 31.1. The highest BCUT2D eigenvalue weighted by Crippen LogP contribution is 2.08. The number of hydrogen-bond acceptors (Lipinski definition) is 2. The van der Waals surface area contributed by atoms with Crippen molar-refractivity contribution in [2.45, 2.75) is 58.3 Å². The molecule has 2 nitrogen and oxygen atoms in total. The first-order chi connectivity index (χ1) is 6.41. The van der Waals surface area contributed by atoms with Gasteiger partial charge in [0.2, 0.25) is 0 Å². The zero-order valence-corrected chi connectivity index (χ0v) is 9.52. The summed E-state index contributed by atoms with van der Waals surface area (Å²) < 4.78 is 14.6. The summed E-state index contributed by atoms with van der Waals surface area (Å²) in [5.74, 6) is 0. The number of unbranched alkanes of at least 4 members (excludes halogenated alkanes) is 7. The van der Waals surface area contributed by atoms with Crippen molar-refractivity contribution < 1.29 is 9.09 Å². The highest BCUT2D eigenvalue weighted by Gasteiger charge is 1.91. The summed E-state index contributed by atoms with van der Waals surface area (Å²) >= 11 is 0. The normalized spacial score (nSPS) is 10.8. The second-order valence-corrected chi connectivity index (χ2v) is 3.79. The molecule has 0 aromatic carbocycles. The fraction of sp³-hybridized carbons (Fsp3) is 1.00. The first kappa shape index (κ1) is 13.1. The zero-order valence-electron chi connectivity index (χ0n) is 8.63. The van der Waals surface area contributed by atoms with Crippen LogP contribution in [0.4, 0.5) is 0 Å². The Kier molecular flexibility index (Phi) is 12.1. The Balaban J connectivity index is 2.79. The van der Waals surface area contributed by atoms with E-state index in [2.05, 4.69) is 6.92 Å². The summed E-state index contributed by atoms with van der Waals surface area (Å²) in [6, 6.07) is 0. The molecule has 0 aliphatic heterocycles. The van der Waals surface area contributed by atoms with Gasteiger partial charge in [0, 0.05) is 0 Å². The third kappa shape index (κ3) is 12.1. The van der Waals surface area contributed by atoms with Crippen LogP contribution in [-0.4, -0.2) is 6.61 Å². The van der Waals surface area contributed by atoms with Crippen LogP contribution in [-0.2, 0) is 9.09 Å². The van der Waals surface area contributed by atoms with Crippen LogP contribution < -0.4 is 0 Å². The maximum Gasteiger partial charge on any atom is 0.327 e. The topological polar surface area (TPSA) is 26.3 Å². The molecular formula is C10H21O2P. The predicted octanol–water partition coefficient (Wildman–Crippen LogP) is 4.35. The van der Waals surface area contributed by atoms with Gasteiger partial charge in [-0.1, -0.05) is 51.9 Å². The third-order valence-electron chi connectivity index (χ3n) is 2.14. The van der Waals surface area contributed by atoms with E-state index >= 15 is 0 Å². The summed E-state index contributed by atoms with van der Waals surface area (Å²) in [5.41, 5.74) is 0. The van der Waals surface area contributed by atoms with Crippen molar-refractivity contribution >= 4 is 8.69 Å². The van der Waals surface area contributed by atoms with E-state index in [9.17, 15) is 4.57 Å². The van der Waals surface area contributed by atoms with Crippen LogP contribution >= 0.6 is 8.69 Å². The van der Waals surface area contributed by atoms with E-state index in [4.69, 9.17) is 4.52 Å². The van der Waals surface area contributed by atoms with Crippen LogP contribution in [0.15, 0.2) is 0 Å². The third-order valence-corrected chi connectivity index (χ3v) is 2.43. The van der Waals surface area contributed by atoms with E-state index in [0.29, 0.717) is 6.61 Å². The van der Waals surface area contributed by atoms with E-state index in [1.165, 1.54) is 44.9 Å². The Morgan fingerprint density at radius 2 is 1.46 bits per heavy atom. The molecule has 0 atom stereocenters. The molecular weight excluding hydrogens is 183 g/mol. The molecule has 0 rings (SSSR count). The molecule has 0 unspecified atom stereocenters. The number of hydrogen-bond donors (Lipinski definition) is 0. The first-order valence-corrected chi connectivity index (χ1v) is 6.09. The van der Waals surface area contributed by atoms with E-state index in [0.717, 1.165) is 6.42 Å². The minimum absolute atomic E-state index is 0.177. The van der Waals surface area contributed by atoms with Crippen molar-refractivity contribution in [3.05, 3.63) is 0 Å². The molecule has 0 aromatic rings. The molecule has 0 radical (unpaired) electrons. The molecule has 78 valence electrons. The molecule has 0 N–H and O–H groups in total. The summed E-state index contributed by atoms with van der Waals surface area (Å²) in [5, 5.41) is 0. The van der Waals surface area contributed by atoms with Crippen molar-refractivity contribution in [3.63, 3.8) is 0 Å². The lowest BCUT2D eigenvalue weighted by molar-refractivity contribution is 0.328. The molecule has 0 aliphatic rings. The van der Waals surface area contributed by atoms with E-state index in [1.807, 2.05) is 0 Å². The van der Waals surface area contributed by atoms with Gasteiger partial charge in [-0.3, -0.25) is 4.52 Å². The van der Waals surface area contributed by atoms with E-state index in [-0.39, 0.29) is 8.69 Å². The molecule has 0 spiro atoms. The van der Waals surface area contributed by atoms with Gasteiger partial charge in [0.05, 0.1) is 6.61 Å². The summed E-state index contributed by atoms with van der Waals surface area (Å²) in [7, 11) is -0.177. The average molecular weight is 204 g/mol. The van der Waals surface area contributed by atoms with Gasteiger partial charge in [-0.05, 0) is 6.42 Å². The van der Waals surface area contributed by atoms with Gasteiger partial charge in [-0.15, -0.1) is 0 Å². The Labute approximate surface area is 83.3 Å². The van der Waals surface area contributed by atoms with Crippen LogP contribution in [0.1, 0.15) is 58.3 Å². The van der Waals surface area contributed by atoms with Gasteiger partial charge in [-0.25, -0.2) is 4.57 Å². The minimum atomic E-state index is -0.177. The molecule has 0 amide bonds. The molecule has 0 fully saturated rings. The van der Waals surface area contributed by atoms with Crippen molar-refractivity contribution in [2.24, 2.45) is 0 Å². The standard InChI is InChI=1S/C10H21O2P/c1-2-3-4-5-6-7-8-9-10-12-13-11/h2-10H2,1H3. The van der Waals surface area contributed by atoms with Gasteiger partial charge in [0.25, 0.3) is 0 Å². The monoisotopic (exact) mass is 204 g/mol. The molecule has 0 saturated carbocycles. The Morgan fingerprint density at radius 3 is 2.00 bits per heavy atom. The molecule has 0 aromatic heterocycles. The van der Waals surface area contributed by atoms with Crippen molar-refractivity contribution in [3.8, 4) is 0 Å². The summed E-state index contributed by atoms with van der Waals surface area (Å²) in [6.07, 6.45) is 10.3. The maximum absolute atomic E-state index is 9.89. The van der Waals surface area contributed by atoms with Gasteiger partial charge in [0.1, 0.15) is 0 Å². The largest absolute Gasteiger partial charge is 0.327 e. The summed E-state index contributed by atoms with van der Waals surface area (Å²) in [4.78, 5) is 0. The second-order valence-electron chi connectivity index (χ2n) is 3.38. The fourth-order valence-electron chi connectivity index (χ4n) is 1.34. The van der Waals surface area contributed by atoms with Crippen LogP contribution in [0.25, 0.3) is 0 Å². The molecule has 0 heterocycles. The number of rotatable bonds is 10. The smallest absolute Gasteiger partial charge is 0.294 e. The van der Waals surface area contributed by atoms with Crippen LogP contribution in [0, 0.1) is 0 Å². The van der Waals surface area contributed by atoms with Crippen molar-refractivity contribution in [1.29, 1.82) is 0 Å². The zero-order chi connectivity index (χ0) is 9.78. The van der Waals surface area contributed by atoms with Crippen molar-refractivity contribution in [1.82, 2.24) is 0 Å². The average Bonchev–Trinajstić information content (AvgIpc) is 2.16. The molecule has 13 heavy (non-hydrogen) atoms. The Morgan fingerprint density at radius 1 is 0.923 bits per heavy atom. The molecule has 0 bridgehead atoms. The summed E-state index contributed by atoms with van der Waals surface area (Å²) in [6.45, 7) is 2.87. The lowest BCUT2D eigenvalue weighted by Crippen LogP contribution is -1.85. The van der Waals surface area contributed by atoms with Crippen molar-refractivity contribution in [2.75, 3.05) is 6.61 Å². The van der Waals surface area contributed by atoms with Crippen LogP contribution in [0.5, 0.6) is 0 Å². The molecule has 3 heteroatoms. The first-order valence-electron chi connectivity index (χ1n) is 5.36. The lowest BCUT2D eigenvalue weighted by atomic mass is 10.1. The predicted molar refractivity (Wildman–Crippen MR) is 56.2 cm³/mol. The quantitative estimate of drug-likeness (QED) is 0.390. The van der Waals surface area contributed by atoms with Gasteiger partial charge < -0.3 is 0 Å². The maximum atomic E-state index is 9.89. The highest BCUT2D eigenvalue weighted by molar-refractivity contribution is 7.17. The molecule has 0 saturated heterocycles. The SMILES string of the molecule is CCCCCCCCCCOP=O. The lowest BCUT2D eigenvalue weighted by Gasteiger charge is -1.99. The fourth-order valence-corrected chi connectivity index (χ4v) is 1.54. The minimum Gasteiger partial charge on any atom is -0.294 e. The Bertz CT molecular complexity index is 107.